The van der Waals surface area contributed by atoms with Gasteiger partial charge in [0.05, 0.1) is 9.95 Å². The van der Waals surface area contributed by atoms with Gasteiger partial charge in [0.15, 0.2) is 0 Å². The van der Waals surface area contributed by atoms with Crippen molar-refractivity contribution in [3.63, 3.8) is 0 Å². The molecule has 0 radical (unpaired) electrons. The molecule has 3 atom stereocenters. The highest BCUT2D eigenvalue weighted by molar-refractivity contribution is 9.09. The van der Waals surface area contributed by atoms with E-state index in [2.05, 4.69) is 29.8 Å². The summed E-state index contributed by atoms with van der Waals surface area (Å²) in [5.74, 6) is 1.77. The van der Waals surface area contributed by atoms with E-state index < -0.39 is 0 Å². The predicted molar refractivity (Wildman–Crippen MR) is 90.2 cm³/mol. The summed E-state index contributed by atoms with van der Waals surface area (Å²) >= 11 is 9.98. The molecule has 0 aromatic heterocycles. The summed E-state index contributed by atoms with van der Waals surface area (Å²) in [6, 6.07) is 4.94. The lowest BCUT2D eigenvalue weighted by Gasteiger charge is -2.35. The van der Waals surface area contributed by atoms with Gasteiger partial charge in [-0.05, 0) is 49.5 Å². The summed E-state index contributed by atoms with van der Waals surface area (Å²) in [6.45, 7) is 4.52. The Balaban J connectivity index is 2.22. The zero-order valence-electron chi connectivity index (χ0n) is 12.4. The van der Waals surface area contributed by atoms with E-state index in [1.165, 1.54) is 6.42 Å². The van der Waals surface area contributed by atoms with Crippen LogP contribution in [0.25, 0.3) is 0 Å². The van der Waals surface area contributed by atoms with Crippen LogP contribution in [0.5, 0.6) is 0 Å². The van der Waals surface area contributed by atoms with Crippen LogP contribution in [-0.2, 0) is 6.42 Å². The fourth-order valence-corrected chi connectivity index (χ4v) is 4.18. The zero-order chi connectivity index (χ0) is 15.6. The average molecular weight is 375 g/mol. The fraction of sp³-hybridized carbons (Fsp3) is 0.625. The van der Waals surface area contributed by atoms with Crippen molar-refractivity contribution in [2.75, 3.05) is 0 Å². The molecule has 0 bridgehead atoms. The van der Waals surface area contributed by atoms with Gasteiger partial charge in [-0.15, -0.1) is 0 Å². The highest BCUT2D eigenvalue weighted by Gasteiger charge is 2.32. The van der Waals surface area contributed by atoms with Crippen LogP contribution in [0, 0.1) is 27.9 Å². The molecule has 1 aliphatic rings. The number of nitro benzene ring substituents is 1. The topological polar surface area (TPSA) is 43.1 Å². The molecule has 1 aromatic carbocycles. The fourth-order valence-electron chi connectivity index (χ4n) is 3.26. The van der Waals surface area contributed by atoms with E-state index >= 15 is 0 Å². The van der Waals surface area contributed by atoms with Crippen LogP contribution in [0.1, 0.15) is 38.7 Å². The highest BCUT2D eigenvalue weighted by atomic mass is 79.9. The van der Waals surface area contributed by atoms with Crippen molar-refractivity contribution >= 4 is 33.2 Å². The number of hydrogen-bond acceptors (Lipinski definition) is 2. The van der Waals surface area contributed by atoms with Gasteiger partial charge in [-0.1, -0.05) is 47.4 Å². The second kappa shape index (κ2) is 7.10. The number of hydrogen-bond donors (Lipinski definition) is 0. The van der Waals surface area contributed by atoms with Gasteiger partial charge >= 0.3 is 0 Å². The summed E-state index contributed by atoms with van der Waals surface area (Å²) in [6.07, 6.45) is 4.14. The van der Waals surface area contributed by atoms with E-state index in [1.54, 1.807) is 18.2 Å². The van der Waals surface area contributed by atoms with E-state index in [-0.39, 0.29) is 10.6 Å². The molecule has 0 amide bonds. The van der Waals surface area contributed by atoms with Crippen LogP contribution >= 0.6 is 27.5 Å². The molecule has 1 aliphatic carbocycles. The molecular weight excluding hydrogens is 354 g/mol. The maximum atomic E-state index is 11.2. The average Bonchev–Trinajstić information content (AvgIpc) is 2.42. The van der Waals surface area contributed by atoms with Crippen LogP contribution < -0.4 is 0 Å². The van der Waals surface area contributed by atoms with Gasteiger partial charge in [0.1, 0.15) is 0 Å². The molecule has 1 fully saturated rings. The largest absolute Gasteiger partial charge is 0.274 e. The molecule has 21 heavy (non-hydrogen) atoms. The number of nitro groups is 1. The summed E-state index contributed by atoms with van der Waals surface area (Å²) in [4.78, 5) is 11.3. The first-order valence-electron chi connectivity index (χ1n) is 7.46. The Hall–Kier alpha value is -0.610. The third-order valence-electron chi connectivity index (χ3n) is 4.63. The van der Waals surface area contributed by atoms with Crippen molar-refractivity contribution in [3.05, 3.63) is 38.9 Å². The Labute approximate surface area is 139 Å². The number of benzene rings is 1. The molecule has 3 nitrogen and oxygen atoms in total. The van der Waals surface area contributed by atoms with Gasteiger partial charge in [-0.2, -0.15) is 0 Å². The molecule has 3 unspecified atom stereocenters. The summed E-state index contributed by atoms with van der Waals surface area (Å²) in [7, 11) is 0. The third-order valence-corrected chi connectivity index (χ3v) is 6.19. The Morgan fingerprint density at radius 1 is 1.43 bits per heavy atom. The molecule has 0 heterocycles. The molecule has 0 saturated heterocycles. The Kier molecular flexibility index (Phi) is 5.67. The Morgan fingerprint density at radius 3 is 2.76 bits per heavy atom. The Bertz CT molecular complexity index is 521. The van der Waals surface area contributed by atoms with Crippen LogP contribution in [0.15, 0.2) is 18.2 Å². The number of halogens is 2. The van der Waals surface area contributed by atoms with Crippen LogP contribution in [-0.4, -0.2) is 9.75 Å². The number of nitrogens with zero attached hydrogens (tertiary/aromatic N) is 1. The SMILES string of the molecule is CC(C)C1CCC(Br)C(Cc2c(Cl)cccc2[N+](=O)[O-])C1. The van der Waals surface area contributed by atoms with Gasteiger partial charge < -0.3 is 0 Å². The van der Waals surface area contributed by atoms with Crippen LogP contribution in [0.4, 0.5) is 5.69 Å². The highest BCUT2D eigenvalue weighted by Crippen LogP contribution is 2.41. The van der Waals surface area contributed by atoms with E-state index in [0.717, 1.165) is 12.8 Å². The van der Waals surface area contributed by atoms with Gasteiger partial charge in [0.25, 0.3) is 5.69 Å². The minimum absolute atomic E-state index is 0.147. The molecule has 0 aliphatic heterocycles. The summed E-state index contributed by atoms with van der Waals surface area (Å²) in [5, 5.41) is 11.7. The van der Waals surface area contributed by atoms with Crippen molar-refractivity contribution in [3.8, 4) is 0 Å². The molecule has 116 valence electrons. The summed E-state index contributed by atoms with van der Waals surface area (Å²) in [5.41, 5.74) is 0.830. The normalized spacial score (nSPS) is 26.0. The van der Waals surface area contributed by atoms with Gasteiger partial charge in [-0.3, -0.25) is 10.1 Å². The van der Waals surface area contributed by atoms with E-state index in [0.29, 0.717) is 39.6 Å². The van der Waals surface area contributed by atoms with Crippen molar-refractivity contribution in [1.29, 1.82) is 0 Å². The number of alkyl halides is 1. The molecule has 0 N–H and O–H groups in total. The maximum Gasteiger partial charge on any atom is 0.274 e. The second-order valence-electron chi connectivity index (χ2n) is 6.29. The van der Waals surface area contributed by atoms with Crippen molar-refractivity contribution in [2.45, 2.75) is 44.4 Å². The molecule has 5 heteroatoms. The van der Waals surface area contributed by atoms with E-state index in [9.17, 15) is 10.1 Å². The quantitative estimate of drug-likeness (QED) is 0.389. The molecule has 2 rings (SSSR count). The lowest BCUT2D eigenvalue weighted by atomic mass is 9.74. The number of rotatable bonds is 4. The van der Waals surface area contributed by atoms with Crippen molar-refractivity contribution < 1.29 is 4.92 Å². The third kappa shape index (κ3) is 3.98. The lowest BCUT2D eigenvalue weighted by Crippen LogP contribution is -2.29. The smallest absolute Gasteiger partial charge is 0.258 e. The van der Waals surface area contributed by atoms with Gasteiger partial charge in [0.2, 0.25) is 0 Å². The maximum absolute atomic E-state index is 11.2. The minimum Gasteiger partial charge on any atom is -0.258 e. The lowest BCUT2D eigenvalue weighted by molar-refractivity contribution is -0.385. The van der Waals surface area contributed by atoms with E-state index in [1.807, 2.05) is 0 Å². The molecule has 1 saturated carbocycles. The molecule has 1 aromatic rings. The molecule has 0 spiro atoms. The van der Waals surface area contributed by atoms with Crippen LogP contribution in [0.3, 0.4) is 0 Å². The van der Waals surface area contributed by atoms with Crippen LogP contribution in [0.2, 0.25) is 5.02 Å². The summed E-state index contributed by atoms with van der Waals surface area (Å²) < 4.78 is 0. The zero-order valence-corrected chi connectivity index (χ0v) is 14.7. The predicted octanol–water partition coefficient (Wildman–Crippen LogP) is 5.63. The van der Waals surface area contributed by atoms with Gasteiger partial charge in [-0.25, -0.2) is 0 Å². The monoisotopic (exact) mass is 373 g/mol. The van der Waals surface area contributed by atoms with E-state index in [4.69, 9.17) is 11.6 Å². The first-order valence-corrected chi connectivity index (χ1v) is 8.75. The minimum atomic E-state index is -0.326. The molecular formula is C16H21BrClNO2. The second-order valence-corrected chi connectivity index (χ2v) is 7.88. The first-order chi connectivity index (χ1) is 9.90. The first kappa shape index (κ1) is 16.8. The Morgan fingerprint density at radius 2 is 2.14 bits per heavy atom. The van der Waals surface area contributed by atoms with Crippen molar-refractivity contribution in [1.82, 2.24) is 0 Å². The van der Waals surface area contributed by atoms with Gasteiger partial charge in [0, 0.05) is 16.5 Å². The van der Waals surface area contributed by atoms with Crippen molar-refractivity contribution in [2.24, 2.45) is 17.8 Å². The standard InChI is InChI=1S/C16H21BrClNO2/c1-10(2)11-6-7-14(17)12(8-11)9-13-15(18)4-3-5-16(13)19(20)21/h3-5,10-12,14H,6-9H2,1-2H3.